The van der Waals surface area contributed by atoms with Crippen molar-refractivity contribution >= 4 is 36.8 Å². The number of hydrogen-bond acceptors (Lipinski definition) is 8. The summed E-state index contributed by atoms with van der Waals surface area (Å²) in [4.78, 5) is 4.87. The zero-order valence-electron chi connectivity index (χ0n) is 30.0. The number of nitrogens with zero attached hydrogens (tertiary/aromatic N) is 2. The summed E-state index contributed by atoms with van der Waals surface area (Å²) in [5.41, 5.74) is 0.711. The van der Waals surface area contributed by atoms with Crippen LogP contribution in [0.5, 0.6) is 11.5 Å². The number of likely N-dealkylation sites (tertiary alicyclic amines) is 2. The van der Waals surface area contributed by atoms with Gasteiger partial charge in [0, 0.05) is 19.0 Å². The number of hydrogen-bond donors (Lipinski definition) is 1. The largest absolute Gasteiger partial charge is 0.508 e. The van der Waals surface area contributed by atoms with Gasteiger partial charge in [-0.25, -0.2) is 0 Å². The van der Waals surface area contributed by atoms with E-state index in [2.05, 4.69) is 37.5 Å². The van der Waals surface area contributed by atoms with Gasteiger partial charge in [-0.05, 0) is 142 Å². The molecule has 4 saturated heterocycles. The summed E-state index contributed by atoms with van der Waals surface area (Å²) in [6, 6.07) is 15.0. The molecule has 4 fully saturated rings. The molecule has 0 amide bonds. The lowest BCUT2D eigenvalue weighted by atomic mass is 9.79. The second kappa shape index (κ2) is 16.3. The molecule has 4 heterocycles. The Bertz CT molecular complexity index is 1200. The minimum atomic E-state index is -0.356. The second-order valence-electron chi connectivity index (χ2n) is 15.0. The number of alkyl halides is 1. The van der Waals surface area contributed by atoms with Crippen LogP contribution in [0, 0.1) is 0 Å². The highest BCUT2D eigenvalue weighted by molar-refractivity contribution is 6.62. The first-order valence-electron chi connectivity index (χ1n) is 17.4. The Morgan fingerprint density at radius 1 is 0.617 bits per heavy atom. The minimum absolute atomic E-state index is 0.250. The van der Waals surface area contributed by atoms with E-state index in [1.54, 1.807) is 12.1 Å². The third kappa shape index (κ3) is 10.4. The minimum Gasteiger partial charge on any atom is -0.508 e. The Hall–Kier alpha value is -1.78. The summed E-state index contributed by atoms with van der Waals surface area (Å²) in [6.45, 7) is 24.2. The Balaban J connectivity index is 0.000000180. The van der Waals surface area contributed by atoms with E-state index >= 15 is 0 Å². The van der Waals surface area contributed by atoms with Gasteiger partial charge in [0.25, 0.3) is 0 Å². The molecule has 0 bridgehead atoms. The number of aromatic hydroxyl groups is 1. The fourth-order valence-corrected chi connectivity index (χ4v) is 5.97. The van der Waals surface area contributed by atoms with Crippen LogP contribution in [0.1, 0.15) is 81.1 Å². The maximum Gasteiger partial charge on any atom is 0.494 e. The zero-order chi connectivity index (χ0) is 34.3. The van der Waals surface area contributed by atoms with Gasteiger partial charge in [0.05, 0.1) is 22.4 Å². The second-order valence-corrected chi connectivity index (χ2v) is 15.3. The van der Waals surface area contributed by atoms with Crippen molar-refractivity contribution in [1.29, 1.82) is 0 Å². The maximum absolute atomic E-state index is 9.22. The summed E-state index contributed by atoms with van der Waals surface area (Å²) >= 11 is 5.54. The number of halogens is 1. The molecule has 260 valence electrons. The van der Waals surface area contributed by atoms with Gasteiger partial charge in [-0.15, -0.1) is 11.6 Å². The van der Waals surface area contributed by atoms with Crippen molar-refractivity contribution in [3.63, 3.8) is 0 Å². The standard InChI is InChI=1S/C18H28BNO3.C12H17BO3.C6H12ClN/c1-17(2)18(3,4)23-19(22-17)15-7-9-16(10-8-15)21-14-13-20-11-5-6-12-20;1-11(2)12(3,4)16-13(15-11)9-5-7-10(14)8-6-9;7-3-6-8-4-1-2-5-8/h7-10H,5-6,11-14H2,1-4H3;5-8,14H,1-4H3;1-6H2. The molecule has 0 radical (unpaired) electrons. The highest BCUT2D eigenvalue weighted by Gasteiger charge is 2.52. The number of phenolic OH excluding ortho intramolecular Hbond substituents is 1. The summed E-state index contributed by atoms with van der Waals surface area (Å²) in [7, 11) is -0.663. The van der Waals surface area contributed by atoms with Gasteiger partial charge in [0.15, 0.2) is 0 Å². The van der Waals surface area contributed by atoms with Crippen molar-refractivity contribution < 1.29 is 28.5 Å². The van der Waals surface area contributed by atoms with Crippen LogP contribution < -0.4 is 15.7 Å². The van der Waals surface area contributed by atoms with Gasteiger partial charge < -0.3 is 33.4 Å². The summed E-state index contributed by atoms with van der Waals surface area (Å²) in [6.07, 6.45) is 5.39. The molecule has 1 N–H and O–H groups in total. The molecule has 0 spiro atoms. The molecule has 11 heteroatoms. The highest BCUT2D eigenvalue weighted by Crippen LogP contribution is 2.37. The van der Waals surface area contributed by atoms with Crippen molar-refractivity contribution in [3.8, 4) is 11.5 Å². The van der Waals surface area contributed by atoms with Gasteiger partial charge in [-0.1, -0.05) is 24.3 Å². The predicted octanol–water partition coefficient (Wildman–Crippen LogP) is 5.47. The summed E-state index contributed by atoms with van der Waals surface area (Å²) < 4.78 is 29.8. The first kappa shape index (κ1) is 38.0. The molecule has 2 aromatic rings. The summed E-state index contributed by atoms with van der Waals surface area (Å²) in [5.74, 6) is 1.95. The number of phenols is 1. The van der Waals surface area contributed by atoms with Crippen molar-refractivity contribution in [1.82, 2.24) is 9.80 Å². The molecule has 0 saturated carbocycles. The van der Waals surface area contributed by atoms with Crippen LogP contribution >= 0.6 is 11.6 Å². The lowest BCUT2D eigenvalue weighted by Crippen LogP contribution is -2.41. The van der Waals surface area contributed by atoms with Crippen molar-refractivity contribution in [2.75, 3.05) is 51.8 Å². The molecule has 0 atom stereocenters. The van der Waals surface area contributed by atoms with Gasteiger partial charge in [0.2, 0.25) is 0 Å². The number of rotatable bonds is 8. The van der Waals surface area contributed by atoms with Crippen LogP contribution in [0.15, 0.2) is 48.5 Å². The van der Waals surface area contributed by atoms with Gasteiger partial charge in [-0.2, -0.15) is 0 Å². The lowest BCUT2D eigenvalue weighted by Gasteiger charge is -2.32. The molecule has 0 unspecified atom stereocenters. The lowest BCUT2D eigenvalue weighted by molar-refractivity contribution is 0.00578. The zero-order valence-corrected chi connectivity index (χ0v) is 30.8. The van der Waals surface area contributed by atoms with Crippen LogP contribution in [0.3, 0.4) is 0 Å². The van der Waals surface area contributed by atoms with E-state index in [0.29, 0.717) is 0 Å². The van der Waals surface area contributed by atoms with Gasteiger partial charge in [-0.3, -0.25) is 4.90 Å². The topological polar surface area (TPSA) is 72.9 Å². The fraction of sp³-hybridized carbons (Fsp3) is 0.667. The molecule has 2 aromatic carbocycles. The predicted molar refractivity (Wildman–Crippen MR) is 194 cm³/mol. The van der Waals surface area contributed by atoms with Crippen LogP contribution in [0.4, 0.5) is 0 Å². The van der Waals surface area contributed by atoms with Crippen LogP contribution in [-0.4, -0.2) is 103 Å². The molecule has 6 rings (SSSR count). The molecule has 47 heavy (non-hydrogen) atoms. The van der Waals surface area contributed by atoms with Gasteiger partial charge >= 0.3 is 14.2 Å². The molecule has 8 nitrogen and oxygen atoms in total. The van der Waals surface area contributed by atoms with E-state index in [0.717, 1.165) is 42.3 Å². The molecular formula is C36H57B2ClN2O6. The molecule has 0 aromatic heterocycles. The Morgan fingerprint density at radius 3 is 1.36 bits per heavy atom. The van der Waals surface area contributed by atoms with E-state index in [1.807, 2.05) is 64.1 Å². The third-order valence-electron chi connectivity index (χ3n) is 10.3. The fourth-order valence-electron chi connectivity index (χ4n) is 5.74. The van der Waals surface area contributed by atoms with E-state index in [-0.39, 0.29) is 42.4 Å². The van der Waals surface area contributed by atoms with E-state index in [4.69, 9.17) is 35.0 Å². The van der Waals surface area contributed by atoms with Gasteiger partial charge in [0.1, 0.15) is 18.1 Å². The Morgan fingerprint density at radius 2 is 0.979 bits per heavy atom. The molecular weight excluding hydrogens is 613 g/mol. The highest BCUT2D eigenvalue weighted by atomic mass is 35.5. The smallest absolute Gasteiger partial charge is 0.494 e. The van der Waals surface area contributed by atoms with E-state index in [9.17, 15) is 5.11 Å². The monoisotopic (exact) mass is 670 g/mol. The Kier molecular flexibility index (Phi) is 13.2. The van der Waals surface area contributed by atoms with Crippen LogP contribution in [0.2, 0.25) is 0 Å². The summed E-state index contributed by atoms with van der Waals surface area (Å²) in [5, 5.41) is 9.22. The Labute approximate surface area is 289 Å². The number of benzene rings is 2. The molecule has 4 aliphatic heterocycles. The van der Waals surface area contributed by atoms with Crippen molar-refractivity contribution in [2.45, 2.75) is 103 Å². The van der Waals surface area contributed by atoms with E-state index in [1.165, 1.54) is 51.9 Å². The molecule has 0 aliphatic carbocycles. The van der Waals surface area contributed by atoms with Crippen LogP contribution in [-0.2, 0) is 18.6 Å². The normalized spacial score (nSPS) is 22.8. The quantitative estimate of drug-likeness (QED) is 0.293. The number of ether oxygens (including phenoxy) is 1. The van der Waals surface area contributed by atoms with Crippen molar-refractivity contribution in [3.05, 3.63) is 48.5 Å². The SMILES string of the molecule is CC1(C)OB(c2ccc(O)cc2)OC1(C)C.CC1(C)OB(c2ccc(OCCN3CCCC3)cc2)OC1(C)C.ClCCN1CCCC1. The average molecular weight is 671 g/mol. The van der Waals surface area contributed by atoms with E-state index < -0.39 is 0 Å². The first-order chi connectivity index (χ1) is 22.1. The first-order valence-corrected chi connectivity index (χ1v) is 17.9. The molecule has 4 aliphatic rings. The van der Waals surface area contributed by atoms with Crippen LogP contribution in [0.25, 0.3) is 0 Å². The third-order valence-corrected chi connectivity index (χ3v) is 10.5. The maximum atomic E-state index is 9.22. The van der Waals surface area contributed by atoms with Crippen molar-refractivity contribution in [2.24, 2.45) is 0 Å². The average Bonchev–Trinajstić information content (AvgIpc) is 3.79.